The van der Waals surface area contributed by atoms with Gasteiger partial charge in [0.25, 0.3) is 0 Å². The van der Waals surface area contributed by atoms with Gasteiger partial charge in [-0.1, -0.05) is 56.2 Å². The van der Waals surface area contributed by atoms with Gasteiger partial charge in [-0.15, -0.1) is 0 Å². The molecule has 22 heavy (non-hydrogen) atoms. The molecule has 0 heterocycles. The lowest BCUT2D eigenvalue weighted by Crippen LogP contribution is -2.18. The van der Waals surface area contributed by atoms with Gasteiger partial charge in [-0.3, -0.25) is 9.59 Å². The first-order chi connectivity index (χ1) is 10.6. The van der Waals surface area contributed by atoms with Gasteiger partial charge < -0.3 is 5.73 Å². The highest BCUT2D eigenvalue weighted by molar-refractivity contribution is 6.25. The van der Waals surface area contributed by atoms with Crippen LogP contribution in [0.1, 0.15) is 58.0 Å². The third-order valence-electron chi connectivity index (χ3n) is 4.28. The molecule has 0 saturated heterocycles. The molecular formula is C19H19NO2. The van der Waals surface area contributed by atoms with Gasteiger partial charge in [0.15, 0.2) is 5.78 Å². The monoisotopic (exact) mass is 293 g/mol. The molecule has 1 amide bonds. The van der Waals surface area contributed by atoms with E-state index in [4.69, 9.17) is 5.73 Å². The summed E-state index contributed by atoms with van der Waals surface area (Å²) in [7, 11) is 0. The highest BCUT2D eigenvalue weighted by atomic mass is 16.1. The summed E-state index contributed by atoms with van der Waals surface area (Å²) in [5.74, 6) is -0.596. The number of ketones is 1. The molecule has 3 nitrogen and oxygen atoms in total. The fraction of sp³-hybridized carbons (Fsp3) is 0.263. The molecule has 2 aromatic rings. The Labute approximate surface area is 130 Å². The van der Waals surface area contributed by atoms with Gasteiger partial charge in [-0.05, 0) is 29.5 Å². The number of hydrogen-bond acceptors (Lipinski definition) is 2. The van der Waals surface area contributed by atoms with Crippen LogP contribution in [0.15, 0.2) is 36.4 Å². The normalized spacial score (nSPS) is 12.1. The number of primary amides is 1. The Balaban J connectivity index is 2.13. The Bertz CT molecular complexity index is 762. The fourth-order valence-corrected chi connectivity index (χ4v) is 3.21. The first-order valence-corrected chi connectivity index (χ1v) is 7.75. The molecular weight excluding hydrogens is 274 g/mol. The largest absolute Gasteiger partial charge is 0.366 e. The van der Waals surface area contributed by atoms with Gasteiger partial charge in [-0.25, -0.2) is 0 Å². The molecule has 0 fully saturated rings. The summed E-state index contributed by atoms with van der Waals surface area (Å²) >= 11 is 0. The zero-order valence-corrected chi connectivity index (χ0v) is 12.7. The summed E-state index contributed by atoms with van der Waals surface area (Å²) < 4.78 is 0. The maximum atomic E-state index is 12.7. The van der Waals surface area contributed by atoms with Crippen molar-refractivity contribution in [3.8, 4) is 11.1 Å². The van der Waals surface area contributed by atoms with E-state index in [2.05, 4.69) is 6.92 Å². The van der Waals surface area contributed by atoms with Gasteiger partial charge in [0.1, 0.15) is 0 Å². The molecule has 0 spiro atoms. The molecule has 0 atom stereocenters. The van der Waals surface area contributed by atoms with Gasteiger partial charge >= 0.3 is 0 Å². The van der Waals surface area contributed by atoms with Crippen LogP contribution in [0.2, 0.25) is 0 Å². The number of rotatable bonds is 5. The predicted octanol–water partition coefficient (Wildman–Crippen LogP) is 3.73. The van der Waals surface area contributed by atoms with E-state index >= 15 is 0 Å². The quantitative estimate of drug-likeness (QED) is 0.729. The Kier molecular flexibility index (Phi) is 3.80. The minimum Gasteiger partial charge on any atom is -0.366 e. The zero-order valence-electron chi connectivity index (χ0n) is 12.7. The van der Waals surface area contributed by atoms with Crippen LogP contribution in [0, 0.1) is 0 Å². The van der Waals surface area contributed by atoms with Gasteiger partial charge in [0, 0.05) is 11.1 Å². The van der Waals surface area contributed by atoms with Crippen molar-refractivity contribution in [2.75, 3.05) is 0 Å². The molecule has 1 aliphatic carbocycles. The van der Waals surface area contributed by atoms with Crippen molar-refractivity contribution < 1.29 is 9.59 Å². The Hall–Kier alpha value is -2.42. The van der Waals surface area contributed by atoms with Crippen LogP contribution in [0.4, 0.5) is 0 Å². The average molecular weight is 293 g/mol. The van der Waals surface area contributed by atoms with Crippen molar-refractivity contribution >= 4 is 11.7 Å². The van der Waals surface area contributed by atoms with Gasteiger partial charge in [0.05, 0.1) is 5.56 Å². The molecule has 2 aromatic carbocycles. The molecule has 0 saturated carbocycles. The van der Waals surface area contributed by atoms with Gasteiger partial charge in [0.2, 0.25) is 5.91 Å². The van der Waals surface area contributed by atoms with Crippen LogP contribution in [-0.4, -0.2) is 11.7 Å². The first kappa shape index (κ1) is 14.5. The number of amides is 1. The Morgan fingerprint density at radius 3 is 2.41 bits per heavy atom. The molecule has 2 N–H and O–H groups in total. The zero-order chi connectivity index (χ0) is 15.7. The molecule has 3 rings (SSSR count). The number of nitrogens with two attached hydrogens (primary N) is 1. The summed E-state index contributed by atoms with van der Waals surface area (Å²) in [5.41, 5.74) is 9.77. The van der Waals surface area contributed by atoms with Crippen LogP contribution in [0.5, 0.6) is 0 Å². The molecule has 0 radical (unpaired) electrons. The number of unbranched alkanes of at least 4 members (excludes halogenated alkanes) is 2. The van der Waals surface area contributed by atoms with E-state index in [1.165, 1.54) is 0 Å². The number of carbonyl (C=O) groups is 2. The lowest BCUT2D eigenvalue weighted by Gasteiger charge is -2.11. The third-order valence-corrected chi connectivity index (χ3v) is 4.28. The van der Waals surface area contributed by atoms with E-state index in [0.29, 0.717) is 16.7 Å². The van der Waals surface area contributed by atoms with Crippen LogP contribution < -0.4 is 5.73 Å². The maximum absolute atomic E-state index is 12.7. The van der Waals surface area contributed by atoms with Crippen molar-refractivity contribution in [1.82, 2.24) is 0 Å². The number of hydrogen-bond donors (Lipinski definition) is 1. The summed E-state index contributed by atoms with van der Waals surface area (Å²) in [6.45, 7) is 2.14. The SMILES string of the molecule is CCCCCc1ccc2c(c1C(N)=O)C(=O)c1ccccc1-2. The van der Waals surface area contributed by atoms with Crippen molar-refractivity contribution in [3.63, 3.8) is 0 Å². The second-order valence-electron chi connectivity index (χ2n) is 5.72. The molecule has 1 aliphatic rings. The Morgan fingerprint density at radius 1 is 1.00 bits per heavy atom. The second-order valence-corrected chi connectivity index (χ2v) is 5.72. The number of aryl methyl sites for hydroxylation is 1. The first-order valence-electron chi connectivity index (χ1n) is 7.75. The van der Waals surface area contributed by atoms with Crippen molar-refractivity contribution in [2.24, 2.45) is 5.73 Å². The minimum absolute atomic E-state index is 0.0864. The molecule has 0 aliphatic heterocycles. The topological polar surface area (TPSA) is 60.2 Å². The van der Waals surface area contributed by atoms with E-state index in [1.54, 1.807) is 6.07 Å². The van der Waals surface area contributed by atoms with E-state index in [0.717, 1.165) is 42.4 Å². The van der Waals surface area contributed by atoms with Crippen molar-refractivity contribution in [3.05, 3.63) is 58.7 Å². The summed E-state index contributed by atoms with van der Waals surface area (Å²) in [4.78, 5) is 24.7. The maximum Gasteiger partial charge on any atom is 0.249 e. The summed E-state index contributed by atoms with van der Waals surface area (Å²) in [6.07, 6.45) is 3.99. The molecule has 3 heteroatoms. The number of fused-ring (bicyclic) bond motifs is 3. The van der Waals surface area contributed by atoms with Crippen LogP contribution >= 0.6 is 0 Å². The minimum atomic E-state index is -0.510. The lowest BCUT2D eigenvalue weighted by molar-refractivity contribution is 0.0982. The smallest absolute Gasteiger partial charge is 0.249 e. The van der Waals surface area contributed by atoms with E-state index < -0.39 is 5.91 Å². The number of carbonyl (C=O) groups excluding carboxylic acids is 2. The lowest BCUT2D eigenvalue weighted by atomic mass is 9.92. The fourth-order valence-electron chi connectivity index (χ4n) is 3.21. The van der Waals surface area contributed by atoms with E-state index in [-0.39, 0.29) is 5.78 Å². The highest BCUT2D eigenvalue weighted by Gasteiger charge is 2.31. The molecule has 0 aromatic heterocycles. The predicted molar refractivity (Wildman–Crippen MR) is 87.1 cm³/mol. The van der Waals surface area contributed by atoms with Crippen LogP contribution in [0.3, 0.4) is 0 Å². The molecule has 112 valence electrons. The average Bonchev–Trinajstić information content (AvgIpc) is 2.81. The van der Waals surface area contributed by atoms with Crippen molar-refractivity contribution in [2.45, 2.75) is 32.6 Å². The third kappa shape index (κ3) is 2.23. The van der Waals surface area contributed by atoms with Crippen LogP contribution in [-0.2, 0) is 6.42 Å². The Morgan fingerprint density at radius 2 is 1.73 bits per heavy atom. The van der Waals surface area contributed by atoms with Crippen molar-refractivity contribution in [1.29, 1.82) is 0 Å². The van der Waals surface area contributed by atoms with E-state index in [9.17, 15) is 9.59 Å². The molecule has 0 unspecified atom stereocenters. The highest BCUT2D eigenvalue weighted by Crippen LogP contribution is 2.39. The van der Waals surface area contributed by atoms with Crippen LogP contribution in [0.25, 0.3) is 11.1 Å². The summed E-state index contributed by atoms with van der Waals surface area (Å²) in [6, 6.07) is 11.4. The number of benzene rings is 2. The second kappa shape index (κ2) is 5.76. The standard InChI is InChI=1S/C19H19NO2/c1-2-3-4-7-12-10-11-14-13-8-5-6-9-15(13)18(21)17(14)16(12)19(20)22/h5-6,8-11H,2-4,7H2,1H3,(H2,20,22). The molecule has 0 bridgehead atoms. The summed E-state index contributed by atoms with van der Waals surface area (Å²) in [5, 5.41) is 0. The van der Waals surface area contributed by atoms with E-state index in [1.807, 2.05) is 30.3 Å². The van der Waals surface area contributed by atoms with Gasteiger partial charge in [-0.2, -0.15) is 0 Å².